The van der Waals surface area contributed by atoms with E-state index < -0.39 is 0 Å². The molecule has 1 aromatic heterocycles. The maximum atomic E-state index is 5.71. The molecule has 0 aromatic carbocycles. The molecule has 0 radical (unpaired) electrons. The molecule has 2 atom stereocenters. The molecule has 1 aliphatic rings. The lowest BCUT2D eigenvalue weighted by Gasteiger charge is -2.09. The van der Waals surface area contributed by atoms with Crippen molar-refractivity contribution in [2.24, 2.45) is 17.6 Å². The first-order valence-electron chi connectivity index (χ1n) is 5.50. The average Bonchev–Trinajstić information content (AvgIpc) is 2.92. The van der Waals surface area contributed by atoms with Crippen LogP contribution in [0, 0.1) is 18.8 Å². The third kappa shape index (κ3) is 2.48. The molecule has 0 bridgehead atoms. The Morgan fingerprint density at radius 1 is 1.53 bits per heavy atom. The summed E-state index contributed by atoms with van der Waals surface area (Å²) in [5.74, 6) is 2.26. The maximum Gasteiger partial charge on any atom is 0.218 e. The Labute approximate surface area is 90.7 Å². The molecule has 15 heavy (non-hydrogen) atoms. The van der Waals surface area contributed by atoms with E-state index in [2.05, 4.69) is 11.9 Å². The monoisotopic (exact) mass is 206 g/mol. The Morgan fingerprint density at radius 3 is 2.87 bits per heavy atom. The molecule has 0 aliphatic heterocycles. The van der Waals surface area contributed by atoms with Crippen molar-refractivity contribution >= 4 is 0 Å². The van der Waals surface area contributed by atoms with Gasteiger partial charge in [-0.25, -0.2) is 4.98 Å². The van der Waals surface area contributed by atoms with Crippen molar-refractivity contribution in [2.75, 3.05) is 6.61 Å². The summed E-state index contributed by atoms with van der Waals surface area (Å²) in [6.07, 6.45) is 1.28. The van der Waals surface area contributed by atoms with Gasteiger partial charge in [0.1, 0.15) is 0 Å². The van der Waals surface area contributed by atoms with Crippen LogP contribution in [-0.4, -0.2) is 11.6 Å². The van der Waals surface area contributed by atoms with Crippen LogP contribution >= 0.6 is 0 Å². The van der Waals surface area contributed by atoms with E-state index in [4.69, 9.17) is 10.5 Å². The van der Waals surface area contributed by atoms with E-state index in [1.165, 1.54) is 6.42 Å². The van der Waals surface area contributed by atoms with Gasteiger partial charge < -0.3 is 10.5 Å². The molecule has 2 rings (SSSR count). The first-order chi connectivity index (χ1) is 7.20. The average molecular weight is 206 g/mol. The topological polar surface area (TPSA) is 48.1 Å². The van der Waals surface area contributed by atoms with Gasteiger partial charge in [0.15, 0.2) is 0 Å². The molecule has 1 saturated carbocycles. The van der Waals surface area contributed by atoms with Gasteiger partial charge in [0, 0.05) is 17.8 Å². The van der Waals surface area contributed by atoms with E-state index in [1.807, 2.05) is 19.1 Å². The number of hydrogen-bond donors (Lipinski definition) is 1. The molecular formula is C12H18N2O. The zero-order chi connectivity index (χ0) is 10.8. The molecule has 1 aliphatic carbocycles. The molecular weight excluding hydrogens is 188 g/mol. The van der Waals surface area contributed by atoms with Gasteiger partial charge in [0.25, 0.3) is 0 Å². The van der Waals surface area contributed by atoms with E-state index in [9.17, 15) is 0 Å². The largest absolute Gasteiger partial charge is 0.477 e. The molecule has 1 aromatic rings. The molecule has 0 amide bonds. The number of nitrogens with zero attached hydrogens (tertiary/aromatic N) is 1. The van der Waals surface area contributed by atoms with Gasteiger partial charge in [-0.2, -0.15) is 0 Å². The Bertz CT molecular complexity index is 351. The van der Waals surface area contributed by atoms with E-state index in [0.717, 1.165) is 35.6 Å². The summed E-state index contributed by atoms with van der Waals surface area (Å²) in [7, 11) is 0. The first-order valence-corrected chi connectivity index (χ1v) is 5.50. The lowest BCUT2D eigenvalue weighted by molar-refractivity contribution is 0.279. The van der Waals surface area contributed by atoms with Crippen molar-refractivity contribution in [3.05, 3.63) is 23.4 Å². The van der Waals surface area contributed by atoms with Crippen molar-refractivity contribution in [1.82, 2.24) is 4.98 Å². The van der Waals surface area contributed by atoms with Crippen molar-refractivity contribution in [1.29, 1.82) is 0 Å². The van der Waals surface area contributed by atoms with Crippen LogP contribution in [0.5, 0.6) is 5.88 Å². The second-order valence-corrected chi connectivity index (χ2v) is 4.41. The Kier molecular flexibility index (Phi) is 2.91. The van der Waals surface area contributed by atoms with Gasteiger partial charge in [-0.15, -0.1) is 0 Å². The zero-order valence-electron chi connectivity index (χ0n) is 9.36. The molecule has 3 nitrogen and oxygen atoms in total. The summed E-state index contributed by atoms with van der Waals surface area (Å²) in [6, 6.07) is 3.96. The van der Waals surface area contributed by atoms with Crippen molar-refractivity contribution < 1.29 is 4.74 Å². The third-order valence-corrected chi connectivity index (χ3v) is 3.01. The fourth-order valence-corrected chi connectivity index (χ4v) is 1.66. The zero-order valence-corrected chi connectivity index (χ0v) is 9.36. The summed E-state index contributed by atoms with van der Waals surface area (Å²) in [6.45, 7) is 5.49. The standard InChI is InChI=1S/C12H18N2O/c1-8-5-11(8)7-15-12-10(6-13)4-3-9(2)14-12/h3-4,8,11H,5-7,13H2,1-2H3. The van der Waals surface area contributed by atoms with E-state index >= 15 is 0 Å². The molecule has 2 unspecified atom stereocenters. The summed E-state index contributed by atoms with van der Waals surface area (Å²) in [4.78, 5) is 4.37. The molecule has 3 heteroatoms. The van der Waals surface area contributed by atoms with Crippen LogP contribution < -0.4 is 10.5 Å². The van der Waals surface area contributed by atoms with Gasteiger partial charge in [-0.05, 0) is 31.2 Å². The minimum atomic E-state index is 0.489. The SMILES string of the molecule is Cc1ccc(CN)c(OCC2CC2C)n1. The highest BCUT2D eigenvalue weighted by Gasteiger charge is 2.33. The van der Waals surface area contributed by atoms with Gasteiger partial charge in [0.2, 0.25) is 5.88 Å². The number of aryl methyl sites for hydroxylation is 1. The van der Waals surface area contributed by atoms with Gasteiger partial charge in [-0.3, -0.25) is 0 Å². The Morgan fingerprint density at radius 2 is 2.27 bits per heavy atom. The van der Waals surface area contributed by atoms with Crippen LogP contribution in [0.15, 0.2) is 12.1 Å². The molecule has 82 valence electrons. The second-order valence-electron chi connectivity index (χ2n) is 4.41. The second kappa shape index (κ2) is 4.19. The number of pyridine rings is 1. The van der Waals surface area contributed by atoms with Crippen LogP contribution in [0.3, 0.4) is 0 Å². The van der Waals surface area contributed by atoms with Crippen molar-refractivity contribution in [3.8, 4) is 5.88 Å². The summed E-state index contributed by atoms with van der Waals surface area (Å²) in [5, 5.41) is 0. The van der Waals surface area contributed by atoms with Crippen LogP contribution in [0.2, 0.25) is 0 Å². The minimum absolute atomic E-state index is 0.489. The fraction of sp³-hybridized carbons (Fsp3) is 0.583. The highest BCUT2D eigenvalue weighted by atomic mass is 16.5. The van der Waals surface area contributed by atoms with Crippen molar-refractivity contribution in [3.63, 3.8) is 0 Å². The molecule has 0 spiro atoms. The molecule has 2 N–H and O–H groups in total. The van der Waals surface area contributed by atoms with Gasteiger partial charge in [-0.1, -0.05) is 13.0 Å². The number of hydrogen-bond acceptors (Lipinski definition) is 3. The van der Waals surface area contributed by atoms with E-state index in [0.29, 0.717) is 6.54 Å². The van der Waals surface area contributed by atoms with Crippen LogP contribution in [-0.2, 0) is 6.54 Å². The quantitative estimate of drug-likeness (QED) is 0.818. The third-order valence-electron chi connectivity index (χ3n) is 3.01. The highest BCUT2D eigenvalue weighted by Crippen LogP contribution is 2.37. The van der Waals surface area contributed by atoms with E-state index in [1.54, 1.807) is 0 Å². The minimum Gasteiger partial charge on any atom is -0.477 e. The van der Waals surface area contributed by atoms with Gasteiger partial charge in [0.05, 0.1) is 6.61 Å². The Balaban J connectivity index is 2.01. The fourth-order valence-electron chi connectivity index (χ4n) is 1.66. The van der Waals surface area contributed by atoms with Crippen LogP contribution in [0.4, 0.5) is 0 Å². The molecule has 0 saturated heterocycles. The van der Waals surface area contributed by atoms with Crippen LogP contribution in [0.1, 0.15) is 24.6 Å². The number of nitrogens with two attached hydrogens (primary N) is 1. The van der Waals surface area contributed by atoms with Crippen molar-refractivity contribution in [2.45, 2.75) is 26.8 Å². The lowest BCUT2D eigenvalue weighted by Crippen LogP contribution is -2.07. The summed E-state index contributed by atoms with van der Waals surface area (Å²) >= 11 is 0. The predicted octanol–water partition coefficient (Wildman–Crippen LogP) is 1.88. The first kappa shape index (κ1) is 10.4. The highest BCUT2D eigenvalue weighted by molar-refractivity contribution is 5.27. The summed E-state index contributed by atoms with van der Waals surface area (Å²) in [5.41, 5.74) is 7.60. The Hall–Kier alpha value is -1.09. The van der Waals surface area contributed by atoms with Gasteiger partial charge >= 0.3 is 0 Å². The molecule has 1 heterocycles. The lowest BCUT2D eigenvalue weighted by atomic mass is 10.2. The maximum absolute atomic E-state index is 5.71. The normalized spacial score (nSPS) is 23.9. The summed E-state index contributed by atoms with van der Waals surface area (Å²) < 4.78 is 5.71. The number of ether oxygens (including phenoxy) is 1. The van der Waals surface area contributed by atoms with Crippen LogP contribution in [0.25, 0.3) is 0 Å². The molecule has 1 fully saturated rings. The predicted molar refractivity (Wildman–Crippen MR) is 59.6 cm³/mol. The number of aromatic nitrogens is 1. The van der Waals surface area contributed by atoms with E-state index in [-0.39, 0.29) is 0 Å². The smallest absolute Gasteiger partial charge is 0.218 e. The number of rotatable bonds is 4.